The first-order chi connectivity index (χ1) is 11.1. The molecule has 114 valence electrons. The van der Waals surface area contributed by atoms with E-state index >= 15 is 0 Å². The predicted octanol–water partition coefficient (Wildman–Crippen LogP) is 1.72. The maximum absolute atomic E-state index is 12.1. The second kappa shape index (κ2) is 4.87. The topological polar surface area (TPSA) is 101 Å². The Kier molecular flexibility index (Phi) is 2.83. The minimum absolute atomic E-state index is 0.275. The largest absolute Gasteiger partial charge is 0.348 e. The minimum Gasteiger partial charge on any atom is -0.305 e. The number of rotatable bonds is 2. The number of aromatic nitrogens is 6. The first-order valence-electron chi connectivity index (χ1n) is 7.07. The minimum atomic E-state index is -0.347. The van der Waals surface area contributed by atoms with Gasteiger partial charge in [0, 0.05) is 16.8 Å². The van der Waals surface area contributed by atoms with Gasteiger partial charge in [0.05, 0.1) is 5.52 Å². The van der Waals surface area contributed by atoms with Crippen LogP contribution in [0, 0.1) is 13.8 Å². The van der Waals surface area contributed by atoms with Gasteiger partial charge in [-0.25, -0.2) is 14.8 Å². The van der Waals surface area contributed by atoms with Gasteiger partial charge in [-0.1, -0.05) is 12.1 Å². The molecule has 0 bridgehead atoms. The molecular weight excluding hydrogens is 294 g/mol. The Morgan fingerprint density at radius 3 is 2.57 bits per heavy atom. The van der Waals surface area contributed by atoms with Crippen LogP contribution in [-0.2, 0) is 0 Å². The van der Waals surface area contributed by atoms with Crippen LogP contribution < -0.4 is 11.0 Å². The van der Waals surface area contributed by atoms with Gasteiger partial charge in [-0.2, -0.15) is 9.50 Å². The molecule has 0 saturated carbocycles. The van der Waals surface area contributed by atoms with E-state index in [2.05, 4.69) is 30.4 Å². The number of H-pyrrole nitrogens is 1. The molecule has 0 aliphatic carbocycles. The summed E-state index contributed by atoms with van der Waals surface area (Å²) in [4.78, 5) is 27.9. The molecule has 0 radical (unpaired) electrons. The summed E-state index contributed by atoms with van der Waals surface area (Å²) >= 11 is 0. The number of fused-ring (bicyclic) bond motifs is 3. The van der Waals surface area contributed by atoms with Crippen LogP contribution in [0.1, 0.15) is 11.4 Å². The molecule has 0 amide bonds. The number of hydrogen-bond acceptors (Lipinski definition) is 6. The average molecular weight is 307 g/mol. The van der Waals surface area contributed by atoms with Gasteiger partial charge in [0.25, 0.3) is 0 Å². The number of aromatic amines is 1. The third-order valence-electron chi connectivity index (χ3n) is 3.41. The standard InChI is InChI=1S/C15H13N7O/c1-8-7-9(2)17-13(16-8)20-14-19-12-10-5-3-4-6-11(10)18-15(23)22(12)21-14/h3-7H,1-2H3,(H,18,23)(H,16,17,20,21). The Labute approximate surface area is 130 Å². The fourth-order valence-corrected chi connectivity index (χ4v) is 2.52. The second-order valence-electron chi connectivity index (χ2n) is 5.25. The fourth-order valence-electron chi connectivity index (χ4n) is 2.52. The van der Waals surface area contributed by atoms with Crippen molar-refractivity contribution in [3.63, 3.8) is 0 Å². The number of hydrogen-bond donors (Lipinski definition) is 2. The maximum Gasteiger partial charge on any atom is 0.348 e. The van der Waals surface area contributed by atoms with Crippen molar-refractivity contribution in [1.29, 1.82) is 0 Å². The van der Waals surface area contributed by atoms with Crippen molar-refractivity contribution in [1.82, 2.24) is 29.5 Å². The summed E-state index contributed by atoms with van der Waals surface area (Å²) in [6.45, 7) is 3.77. The molecule has 8 heteroatoms. The van der Waals surface area contributed by atoms with E-state index in [1.165, 1.54) is 4.52 Å². The Hall–Kier alpha value is -3.29. The lowest BCUT2D eigenvalue weighted by Crippen LogP contribution is -2.17. The molecule has 4 rings (SSSR count). The molecule has 0 saturated heterocycles. The summed E-state index contributed by atoms with van der Waals surface area (Å²) in [6.07, 6.45) is 0. The molecule has 8 nitrogen and oxygen atoms in total. The molecule has 2 N–H and O–H groups in total. The van der Waals surface area contributed by atoms with Gasteiger partial charge >= 0.3 is 5.69 Å². The number of benzene rings is 1. The smallest absolute Gasteiger partial charge is 0.305 e. The molecule has 4 aromatic rings. The van der Waals surface area contributed by atoms with Crippen LogP contribution in [0.4, 0.5) is 11.9 Å². The monoisotopic (exact) mass is 307 g/mol. The van der Waals surface area contributed by atoms with E-state index in [0.29, 0.717) is 17.1 Å². The highest BCUT2D eigenvalue weighted by molar-refractivity contribution is 5.91. The van der Waals surface area contributed by atoms with Gasteiger partial charge in [-0.15, -0.1) is 5.10 Å². The summed E-state index contributed by atoms with van der Waals surface area (Å²) in [7, 11) is 0. The quantitative estimate of drug-likeness (QED) is 0.585. The first-order valence-corrected chi connectivity index (χ1v) is 7.07. The molecule has 23 heavy (non-hydrogen) atoms. The summed E-state index contributed by atoms with van der Waals surface area (Å²) in [5.41, 5.74) is 2.53. The normalized spacial score (nSPS) is 11.2. The van der Waals surface area contributed by atoms with Crippen molar-refractivity contribution in [3.8, 4) is 0 Å². The van der Waals surface area contributed by atoms with Crippen LogP contribution in [0.5, 0.6) is 0 Å². The lowest BCUT2D eigenvalue weighted by molar-refractivity contribution is 0.883. The number of para-hydroxylation sites is 1. The zero-order valence-electron chi connectivity index (χ0n) is 12.5. The predicted molar refractivity (Wildman–Crippen MR) is 85.9 cm³/mol. The van der Waals surface area contributed by atoms with Crippen LogP contribution >= 0.6 is 0 Å². The van der Waals surface area contributed by atoms with E-state index in [1.807, 2.05) is 44.2 Å². The first kappa shape index (κ1) is 13.4. The number of anilines is 2. The SMILES string of the molecule is Cc1cc(C)nc(Nc2nc3c4ccccc4[nH]c(=O)n3n2)n1. The summed E-state index contributed by atoms with van der Waals surface area (Å²) in [5.74, 6) is 0.677. The Balaban J connectivity index is 1.87. The molecule has 0 spiro atoms. The van der Waals surface area contributed by atoms with Crippen LogP contribution in [-0.4, -0.2) is 29.5 Å². The zero-order valence-corrected chi connectivity index (χ0v) is 12.5. The van der Waals surface area contributed by atoms with Crippen molar-refractivity contribution < 1.29 is 0 Å². The van der Waals surface area contributed by atoms with Crippen LogP contribution in [0.15, 0.2) is 35.1 Å². The summed E-state index contributed by atoms with van der Waals surface area (Å²) in [6, 6.07) is 9.32. The lowest BCUT2D eigenvalue weighted by Gasteiger charge is -2.02. The van der Waals surface area contributed by atoms with Gasteiger partial charge in [0.2, 0.25) is 11.9 Å². The van der Waals surface area contributed by atoms with Crippen molar-refractivity contribution in [2.75, 3.05) is 5.32 Å². The third-order valence-corrected chi connectivity index (χ3v) is 3.41. The van der Waals surface area contributed by atoms with Crippen molar-refractivity contribution in [2.24, 2.45) is 0 Å². The van der Waals surface area contributed by atoms with E-state index < -0.39 is 0 Å². The zero-order chi connectivity index (χ0) is 16.0. The number of aryl methyl sites for hydroxylation is 2. The van der Waals surface area contributed by atoms with Crippen LogP contribution in [0.25, 0.3) is 16.6 Å². The number of nitrogens with zero attached hydrogens (tertiary/aromatic N) is 5. The molecular formula is C15H13N7O. The summed E-state index contributed by atoms with van der Waals surface area (Å²) in [5, 5.41) is 7.95. The van der Waals surface area contributed by atoms with E-state index in [1.54, 1.807) is 0 Å². The second-order valence-corrected chi connectivity index (χ2v) is 5.25. The van der Waals surface area contributed by atoms with E-state index in [-0.39, 0.29) is 11.6 Å². The van der Waals surface area contributed by atoms with Crippen LogP contribution in [0.3, 0.4) is 0 Å². The van der Waals surface area contributed by atoms with E-state index in [0.717, 1.165) is 16.8 Å². The average Bonchev–Trinajstić information content (AvgIpc) is 2.91. The van der Waals surface area contributed by atoms with Gasteiger partial charge in [0.1, 0.15) is 0 Å². The highest BCUT2D eigenvalue weighted by Gasteiger charge is 2.11. The Morgan fingerprint density at radius 1 is 1.04 bits per heavy atom. The molecule has 0 atom stereocenters. The Bertz CT molecular complexity index is 1080. The van der Waals surface area contributed by atoms with Gasteiger partial charge in [-0.3, -0.25) is 5.32 Å². The molecule has 3 heterocycles. The number of nitrogens with one attached hydrogen (secondary N) is 2. The highest BCUT2D eigenvalue weighted by Crippen LogP contribution is 2.17. The van der Waals surface area contributed by atoms with E-state index in [9.17, 15) is 4.79 Å². The van der Waals surface area contributed by atoms with Crippen molar-refractivity contribution in [2.45, 2.75) is 13.8 Å². The lowest BCUT2D eigenvalue weighted by atomic mass is 10.2. The van der Waals surface area contributed by atoms with Crippen LogP contribution in [0.2, 0.25) is 0 Å². The Morgan fingerprint density at radius 2 is 1.78 bits per heavy atom. The third kappa shape index (κ3) is 2.30. The van der Waals surface area contributed by atoms with E-state index in [4.69, 9.17) is 0 Å². The molecule has 1 aromatic carbocycles. The molecule has 0 aliphatic rings. The fraction of sp³-hybridized carbons (Fsp3) is 0.133. The van der Waals surface area contributed by atoms with Gasteiger partial charge < -0.3 is 4.98 Å². The molecule has 0 aliphatic heterocycles. The molecule has 0 unspecified atom stereocenters. The summed E-state index contributed by atoms with van der Waals surface area (Å²) < 4.78 is 1.23. The maximum atomic E-state index is 12.1. The van der Waals surface area contributed by atoms with Gasteiger partial charge in [-0.05, 0) is 32.0 Å². The van der Waals surface area contributed by atoms with Crippen molar-refractivity contribution in [3.05, 3.63) is 52.2 Å². The molecule has 0 fully saturated rings. The highest BCUT2D eigenvalue weighted by atomic mass is 16.1. The van der Waals surface area contributed by atoms with Gasteiger partial charge in [0.15, 0.2) is 5.65 Å². The molecule has 3 aromatic heterocycles. The van der Waals surface area contributed by atoms with Crippen molar-refractivity contribution >= 4 is 28.4 Å².